The van der Waals surface area contributed by atoms with Crippen LogP contribution in [0.15, 0.2) is 30.3 Å². The number of para-hydroxylation sites is 1. The van der Waals surface area contributed by atoms with Gasteiger partial charge in [0, 0.05) is 12.5 Å². The molecular formula is C14H22N2O2. The maximum atomic E-state index is 11.5. The molecule has 1 atom stereocenters. The van der Waals surface area contributed by atoms with Gasteiger partial charge in [0.05, 0.1) is 12.1 Å². The molecule has 1 aromatic carbocycles. The van der Waals surface area contributed by atoms with E-state index in [1.54, 1.807) is 0 Å². The van der Waals surface area contributed by atoms with Crippen LogP contribution in [0.4, 0.5) is 0 Å². The van der Waals surface area contributed by atoms with Crippen molar-refractivity contribution in [2.75, 3.05) is 6.61 Å². The summed E-state index contributed by atoms with van der Waals surface area (Å²) in [5.74, 6) is 0.446. The molecule has 1 unspecified atom stereocenters. The standard InChI is InChI=1S/C14H22N2O2/c1-11(2)16-14(3,13(15)17)9-10-18-12-7-5-4-6-8-12/h4-8,11,16H,9-10H2,1-3H3,(H2,15,17). The Morgan fingerprint density at radius 1 is 1.39 bits per heavy atom. The first-order chi connectivity index (χ1) is 8.44. The molecule has 100 valence electrons. The predicted molar refractivity (Wildman–Crippen MR) is 72.4 cm³/mol. The predicted octanol–water partition coefficient (Wildman–Crippen LogP) is 1.70. The number of nitrogens with two attached hydrogens (primary N) is 1. The van der Waals surface area contributed by atoms with Crippen LogP contribution < -0.4 is 15.8 Å². The lowest BCUT2D eigenvalue weighted by molar-refractivity contribution is -0.124. The van der Waals surface area contributed by atoms with Crippen LogP contribution in [-0.2, 0) is 4.79 Å². The number of benzene rings is 1. The molecule has 0 aromatic heterocycles. The van der Waals surface area contributed by atoms with Crippen molar-refractivity contribution in [3.63, 3.8) is 0 Å². The zero-order chi connectivity index (χ0) is 13.6. The molecule has 1 aromatic rings. The summed E-state index contributed by atoms with van der Waals surface area (Å²) in [5, 5.41) is 3.19. The van der Waals surface area contributed by atoms with Gasteiger partial charge >= 0.3 is 0 Å². The number of hydrogen-bond acceptors (Lipinski definition) is 3. The van der Waals surface area contributed by atoms with Crippen molar-refractivity contribution >= 4 is 5.91 Å². The minimum atomic E-state index is -0.733. The summed E-state index contributed by atoms with van der Waals surface area (Å²) in [5.41, 5.74) is 4.71. The van der Waals surface area contributed by atoms with E-state index < -0.39 is 5.54 Å². The maximum absolute atomic E-state index is 11.5. The molecule has 4 heteroatoms. The minimum Gasteiger partial charge on any atom is -0.494 e. The monoisotopic (exact) mass is 250 g/mol. The molecule has 0 aliphatic heterocycles. The summed E-state index contributed by atoms with van der Waals surface area (Å²) in [4.78, 5) is 11.5. The Morgan fingerprint density at radius 2 is 2.00 bits per heavy atom. The minimum absolute atomic E-state index is 0.194. The second kappa shape index (κ2) is 6.40. The van der Waals surface area contributed by atoms with E-state index in [9.17, 15) is 4.79 Å². The second-order valence-corrected chi connectivity index (χ2v) is 4.91. The molecule has 1 amide bonds. The van der Waals surface area contributed by atoms with Crippen LogP contribution >= 0.6 is 0 Å². The second-order valence-electron chi connectivity index (χ2n) is 4.91. The van der Waals surface area contributed by atoms with Gasteiger partial charge in [-0.25, -0.2) is 0 Å². The van der Waals surface area contributed by atoms with Gasteiger partial charge in [-0.05, 0) is 32.9 Å². The molecule has 0 bridgehead atoms. The highest BCUT2D eigenvalue weighted by molar-refractivity contribution is 5.84. The molecular weight excluding hydrogens is 228 g/mol. The molecule has 1 rings (SSSR count). The molecule has 18 heavy (non-hydrogen) atoms. The van der Waals surface area contributed by atoms with Crippen molar-refractivity contribution in [1.82, 2.24) is 5.32 Å². The van der Waals surface area contributed by atoms with Gasteiger partial charge in [0.15, 0.2) is 0 Å². The Kier molecular flexibility index (Phi) is 5.16. The molecule has 0 saturated carbocycles. The van der Waals surface area contributed by atoms with Crippen LogP contribution in [0.5, 0.6) is 5.75 Å². The van der Waals surface area contributed by atoms with Gasteiger partial charge in [-0.3, -0.25) is 4.79 Å². The third kappa shape index (κ3) is 4.37. The number of primary amides is 1. The fourth-order valence-corrected chi connectivity index (χ4v) is 1.79. The van der Waals surface area contributed by atoms with E-state index >= 15 is 0 Å². The van der Waals surface area contributed by atoms with E-state index in [4.69, 9.17) is 10.5 Å². The third-order valence-electron chi connectivity index (χ3n) is 2.77. The number of carbonyl (C=O) groups excluding carboxylic acids is 1. The van der Waals surface area contributed by atoms with Gasteiger partial charge in [0.2, 0.25) is 5.91 Å². The fourth-order valence-electron chi connectivity index (χ4n) is 1.79. The van der Waals surface area contributed by atoms with Gasteiger partial charge in [0.1, 0.15) is 5.75 Å². The highest BCUT2D eigenvalue weighted by Gasteiger charge is 2.31. The van der Waals surface area contributed by atoms with E-state index in [0.29, 0.717) is 13.0 Å². The molecule has 0 fully saturated rings. The van der Waals surface area contributed by atoms with Crippen LogP contribution in [0.25, 0.3) is 0 Å². The van der Waals surface area contributed by atoms with Gasteiger partial charge in [-0.15, -0.1) is 0 Å². The van der Waals surface area contributed by atoms with E-state index in [-0.39, 0.29) is 11.9 Å². The molecule has 4 nitrogen and oxygen atoms in total. The average Bonchev–Trinajstić information content (AvgIpc) is 2.29. The largest absolute Gasteiger partial charge is 0.494 e. The smallest absolute Gasteiger partial charge is 0.237 e. The number of nitrogens with one attached hydrogen (secondary N) is 1. The Morgan fingerprint density at radius 3 is 2.50 bits per heavy atom. The van der Waals surface area contributed by atoms with Gasteiger partial charge < -0.3 is 15.8 Å². The summed E-state index contributed by atoms with van der Waals surface area (Å²) in [6, 6.07) is 9.72. The lowest BCUT2D eigenvalue weighted by atomic mass is 9.96. The Hall–Kier alpha value is -1.55. The van der Waals surface area contributed by atoms with Crippen molar-refractivity contribution in [2.45, 2.75) is 38.8 Å². The van der Waals surface area contributed by atoms with Crippen molar-refractivity contribution in [2.24, 2.45) is 5.73 Å². The summed E-state index contributed by atoms with van der Waals surface area (Å²) in [6.45, 7) is 6.23. The van der Waals surface area contributed by atoms with Gasteiger partial charge in [-0.1, -0.05) is 18.2 Å². The van der Waals surface area contributed by atoms with Crippen molar-refractivity contribution in [3.8, 4) is 5.75 Å². The lowest BCUT2D eigenvalue weighted by Gasteiger charge is -2.29. The Bertz CT molecular complexity index is 379. The SMILES string of the molecule is CC(C)NC(C)(CCOc1ccccc1)C(N)=O. The van der Waals surface area contributed by atoms with Crippen molar-refractivity contribution < 1.29 is 9.53 Å². The van der Waals surface area contributed by atoms with Crippen molar-refractivity contribution in [1.29, 1.82) is 0 Å². The molecule has 0 saturated heterocycles. The Balaban J connectivity index is 2.50. The highest BCUT2D eigenvalue weighted by atomic mass is 16.5. The fraction of sp³-hybridized carbons (Fsp3) is 0.500. The molecule has 0 aliphatic rings. The first-order valence-corrected chi connectivity index (χ1v) is 6.19. The normalized spacial score (nSPS) is 14.2. The summed E-state index contributed by atoms with van der Waals surface area (Å²) >= 11 is 0. The Labute approximate surface area is 109 Å². The average molecular weight is 250 g/mol. The highest BCUT2D eigenvalue weighted by Crippen LogP contribution is 2.13. The zero-order valence-electron chi connectivity index (χ0n) is 11.3. The zero-order valence-corrected chi connectivity index (χ0v) is 11.3. The van der Waals surface area contributed by atoms with Gasteiger partial charge in [0.25, 0.3) is 0 Å². The van der Waals surface area contributed by atoms with Crippen LogP contribution in [0.3, 0.4) is 0 Å². The molecule has 0 heterocycles. The van der Waals surface area contributed by atoms with E-state index in [1.165, 1.54) is 0 Å². The van der Waals surface area contributed by atoms with E-state index in [2.05, 4.69) is 5.32 Å². The van der Waals surface area contributed by atoms with Crippen molar-refractivity contribution in [3.05, 3.63) is 30.3 Å². The summed E-state index contributed by atoms with van der Waals surface area (Å²) in [6.07, 6.45) is 0.537. The van der Waals surface area contributed by atoms with Crippen LogP contribution in [-0.4, -0.2) is 24.1 Å². The molecule has 3 N–H and O–H groups in total. The maximum Gasteiger partial charge on any atom is 0.237 e. The first kappa shape index (κ1) is 14.5. The first-order valence-electron chi connectivity index (χ1n) is 6.19. The summed E-state index contributed by atoms with van der Waals surface area (Å²) in [7, 11) is 0. The summed E-state index contributed by atoms with van der Waals surface area (Å²) < 4.78 is 5.59. The third-order valence-corrected chi connectivity index (χ3v) is 2.77. The molecule has 0 spiro atoms. The number of amides is 1. The van der Waals surface area contributed by atoms with Crippen LogP contribution in [0, 0.1) is 0 Å². The number of hydrogen-bond donors (Lipinski definition) is 2. The topological polar surface area (TPSA) is 64.3 Å². The van der Waals surface area contributed by atoms with E-state index in [1.807, 2.05) is 51.1 Å². The van der Waals surface area contributed by atoms with Crippen LogP contribution in [0.2, 0.25) is 0 Å². The van der Waals surface area contributed by atoms with Crippen LogP contribution in [0.1, 0.15) is 27.2 Å². The molecule has 0 aliphatic carbocycles. The lowest BCUT2D eigenvalue weighted by Crippen LogP contribution is -2.56. The molecule has 0 radical (unpaired) electrons. The quantitative estimate of drug-likeness (QED) is 0.774. The number of carbonyl (C=O) groups is 1. The van der Waals surface area contributed by atoms with Gasteiger partial charge in [-0.2, -0.15) is 0 Å². The van der Waals surface area contributed by atoms with E-state index in [0.717, 1.165) is 5.75 Å². The number of ether oxygens (including phenoxy) is 1. The number of rotatable bonds is 7.